The molecule has 1 aromatic rings. The third-order valence-electron chi connectivity index (χ3n) is 3.23. The predicted octanol–water partition coefficient (Wildman–Crippen LogP) is 1.46. The Bertz CT molecular complexity index is 412. The zero-order chi connectivity index (χ0) is 12.3. The van der Waals surface area contributed by atoms with Gasteiger partial charge in [0.05, 0.1) is 7.11 Å². The molecule has 4 heteroatoms. The Morgan fingerprint density at radius 3 is 2.71 bits per heavy atom. The quantitative estimate of drug-likeness (QED) is 0.614. The van der Waals surface area contributed by atoms with Crippen LogP contribution in [0, 0.1) is 5.92 Å². The van der Waals surface area contributed by atoms with Crippen LogP contribution in [-0.4, -0.2) is 26.0 Å². The first-order valence-electron chi connectivity index (χ1n) is 5.91. The number of nitrogens with one attached hydrogen (secondary N) is 1. The molecule has 0 unspecified atom stereocenters. The molecule has 0 saturated carbocycles. The number of benzene rings is 1. The van der Waals surface area contributed by atoms with E-state index in [4.69, 9.17) is 10.5 Å². The number of nitrogens with two attached hydrogens (primary N) is 1. The highest BCUT2D eigenvalue weighted by Gasteiger charge is 2.23. The number of carbonyl (C=O) groups is 1. The third-order valence-corrected chi connectivity index (χ3v) is 3.23. The number of hydrogen-bond acceptors (Lipinski definition) is 4. The summed E-state index contributed by atoms with van der Waals surface area (Å²) >= 11 is 0. The highest BCUT2D eigenvalue weighted by atomic mass is 16.5. The van der Waals surface area contributed by atoms with Crippen molar-refractivity contribution < 1.29 is 9.53 Å². The average molecular weight is 234 g/mol. The Morgan fingerprint density at radius 1 is 1.41 bits per heavy atom. The Balaban J connectivity index is 2.18. The van der Waals surface area contributed by atoms with Crippen LogP contribution in [0.2, 0.25) is 0 Å². The van der Waals surface area contributed by atoms with Gasteiger partial charge in [0.2, 0.25) is 0 Å². The molecule has 17 heavy (non-hydrogen) atoms. The first kappa shape index (κ1) is 11.9. The predicted molar refractivity (Wildman–Crippen MR) is 67.3 cm³/mol. The van der Waals surface area contributed by atoms with Crippen molar-refractivity contribution in [3.05, 3.63) is 23.8 Å². The summed E-state index contributed by atoms with van der Waals surface area (Å²) in [6, 6.07) is 5.25. The maximum atomic E-state index is 12.3. The Kier molecular flexibility index (Phi) is 3.64. The van der Waals surface area contributed by atoms with Crippen molar-refractivity contribution >= 4 is 11.5 Å². The topological polar surface area (TPSA) is 64.3 Å². The van der Waals surface area contributed by atoms with Gasteiger partial charge >= 0.3 is 0 Å². The van der Waals surface area contributed by atoms with Crippen molar-refractivity contribution in [1.82, 2.24) is 5.32 Å². The SMILES string of the molecule is COc1ccc(C(=O)C2CCNCC2)c(N)c1. The molecule has 3 N–H and O–H groups in total. The summed E-state index contributed by atoms with van der Waals surface area (Å²) in [5.74, 6) is 0.947. The van der Waals surface area contributed by atoms with Gasteiger partial charge in [-0.3, -0.25) is 4.79 Å². The van der Waals surface area contributed by atoms with Gasteiger partial charge < -0.3 is 15.8 Å². The zero-order valence-electron chi connectivity index (χ0n) is 10.0. The molecule has 0 amide bonds. The fraction of sp³-hybridized carbons (Fsp3) is 0.462. The second-order valence-electron chi connectivity index (χ2n) is 4.34. The lowest BCUT2D eigenvalue weighted by Gasteiger charge is -2.22. The van der Waals surface area contributed by atoms with Crippen molar-refractivity contribution in [2.75, 3.05) is 25.9 Å². The van der Waals surface area contributed by atoms with Gasteiger partial charge in [0, 0.05) is 23.2 Å². The second kappa shape index (κ2) is 5.19. The lowest BCUT2D eigenvalue weighted by molar-refractivity contribution is 0.0896. The molecule has 1 fully saturated rings. The molecule has 1 heterocycles. The van der Waals surface area contributed by atoms with E-state index >= 15 is 0 Å². The molecule has 2 rings (SSSR count). The van der Waals surface area contributed by atoms with Gasteiger partial charge in [-0.25, -0.2) is 0 Å². The molecule has 92 valence electrons. The van der Waals surface area contributed by atoms with Crippen LogP contribution >= 0.6 is 0 Å². The van der Waals surface area contributed by atoms with E-state index in [-0.39, 0.29) is 11.7 Å². The molecule has 0 aromatic heterocycles. The first-order valence-corrected chi connectivity index (χ1v) is 5.91. The third kappa shape index (κ3) is 2.58. The summed E-state index contributed by atoms with van der Waals surface area (Å²) in [6.07, 6.45) is 1.79. The molecule has 1 aliphatic heterocycles. The van der Waals surface area contributed by atoms with Gasteiger partial charge in [-0.1, -0.05) is 0 Å². The van der Waals surface area contributed by atoms with Crippen LogP contribution in [0.4, 0.5) is 5.69 Å². The van der Waals surface area contributed by atoms with E-state index in [1.165, 1.54) is 0 Å². The van der Waals surface area contributed by atoms with Crippen molar-refractivity contribution in [3.63, 3.8) is 0 Å². The molecule has 0 atom stereocenters. The fourth-order valence-corrected chi connectivity index (χ4v) is 2.20. The molecule has 1 saturated heterocycles. The number of ketones is 1. The monoisotopic (exact) mass is 234 g/mol. The Morgan fingerprint density at radius 2 is 2.12 bits per heavy atom. The number of hydrogen-bond donors (Lipinski definition) is 2. The van der Waals surface area contributed by atoms with E-state index in [1.807, 2.05) is 0 Å². The van der Waals surface area contributed by atoms with Gasteiger partial charge in [-0.05, 0) is 38.1 Å². The number of piperidine rings is 1. The maximum Gasteiger partial charge on any atom is 0.168 e. The summed E-state index contributed by atoms with van der Waals surface area (Å²) in [5.41, 5.74) is 7.02. The fourth-order valence-electron chi connectivity index (χ4n) is 2.20. The highest BCUT2D eigenvalue weighted by Crippen LogP contribution is 2.25. The van der Waals surface area contributed by atoms with Crippen molar-refractivity contribution in [3.8, 4) is 5.75 Å². The summed E-state index contributed by atoms with van der Waals surface area (Å²) in [5, 5.41) is 3.25. The van der Waals surface area contributed by atoms with Crippen LogP contribution in [-0.2, 0) is 0 Å². The van der Waals surface area contributed by atoms with E-state index in [9.17, 15) is 4.79 Å². The number of nitrogen functional groups attached to an aromatic ring is 1. The second-order valence-corrected chi connectivity index (χ2v) is 4.34. The Hall–Kier alpha value is -1.55. The maximum absolute atomic E-state index is 12.3. The lowest BCUT2D eigenvalue weighted by Crippen LogP contribution is -2.32. The number of Topliss-reactive ketones (excluding diaryl/α,β-unsaturated/α-hetero) is 1. The van der Waals surface area contributed by atoms with Crippen LogP contribution in [0.3, 0.4) is 0 Å². The van der Waals surface area contributed by atoms with E-state index in [0.29, 0.717) is 17.0 Å². The number of ether oxygens (including phenoxy) is 1. The molecular weight excluding hydrogens is 216 g/mol. The summed E-state index contributed by atoms with van der Waals surface area (Å²) in [6.45, 7) is 1.82. The summed E-state index contributed by atoms with van der Waals surface area (Å²) in [4.78, 5) is 12.3. The number of anilines is 1. The number of methoxy groups -OCH3 is 1. The van der Waals surface area contributed by atoms with Crippen LogP contribution in [0.1, 0.15) is 23.2 Å². The molecular formula is C13H18N2O2. The largest absolute Gasteiger partial charge is 0.497 e. The van der Waals surface area contributed by atoms with E-state index in [0.717, 1.165) is 25.9 Å². The van der Waals surface area contributed by atoms with Crippen molar-refractivity contribution in [2.24, 2.45) is 5.92 Å². The molecule has 0 spiro atoms. The smallest absolute Gasteiger partial charge is 0.168 e. The minimum absolute atomic E-state index is 0.104. The molecule has 0 aliphatic carbocycles. The van der Waals surface area contributed by atoms with Crippen LogP contribution < -0.4 is 15.8 Å². The van der Waals surface area contributed by atoms with E-state index in [1.54, 1.807) is 25.3 Å². The standard InChI is InChI=1S/C13H18N2O2/c1-17-10-2-3-11(12(14)8-10)13(16)9-4-6-15-7-5-9/h2-3,8-9,15H,4-7,14H2,1H3. The van der Waals surface area contributed by atoms with Gasteiger partial charge in [0.1, 0.15) is 5.75 Å². The van der Waals surface area contributed by atoms with E-state index < -0.39 is 0 Å². The van der Waals surface area contributed by atoms with Crippen LogP contribution in [0.5, 0.6) is 5.75 Å². The summed E-state index contributed by atoms with van der Waals surface area (Å²) in [7, 11) is 1.59. The highest BCUT2D eigenvalue weighted by molar-refractivity contribution is 6.02. The lowest BCUT2D eigenvalue weighted by atomic mass is 9.89. The van der Waals surface area contributed by atoms with Crippen molar-refractivity contribution in [1.29, 1.82) is 0 Å². The van der Waals surface area contributed by atoms with Gasteiger partial charge in [0.15, 0.2) is 5.78 Å². The first-order chi connectivity index (χ1) is 8.22. The molecule has 1 aliphatic rings. The van der Waals surface area contributed by atoms with E-state index in [2.05, 4.69) is 5.32 Å². The normalized spacial score (nSPS) is 16.8. The van der Waals surface area contributed by atoms with Gasteiger partial charge in [0.25, 0.3) is 0 Å². The minimum Gasteiger partial charge on any atom is -0.497 e. The summed E-state index contributed by atoms with van der Waals surface area (Å²) < 4.78 is 5.07. The van der Waals surface area contributed by atoms with Crippen molar-refractivity contribution in [2.45, 2.75) is 12.8 Å². The molecule has 0 radical (unpaired) electrons. The van der Waals surface area contributed by atoms with Gasteiger partial charge in [-0.2, -0.15) is 0 Å². The molecule has 1 aromatic carbocycles. The zero-order valence-corrected chi connectivity index (χ0v) is 10.0. The molecule has 0 bridgehead atoms. The van der Waals surface area contributed by atoms with Crippen LogP contribution in [0.25, 0.3) is 0 Å². The minimum atomic E-state index is 0.104. The Labute approximate surface area is 101 Å². The average Bonchev–Trinajstić information content (AvgIpc) is 2.39. The number of rotatable bonds is 3. The van der Waals surface area contributed by atoms with Crippen LogP contribution in [0.15, 0.2) is 18.2 Å². The number of carbonyl (C=O) groups excluding carboxylic acids is 1. The van der Waals surface area contributed by atoms with Gasteiger partial charge in [-0.15, -0.1) is 0 Å². The molecule has 4 nitrogen and oxygen atoms in total.